The summed E-state index contributed by atoms with van der Waals surface area (Å²) in [6.07, 6.45) is 0.648. The first-order valence-electron chi connectivity index (χ1n) is 6.65. The zero-order chi connectivity index (χ0) is 15.0. The van der Waals surface area contributed by atoms with Gasteiger partial charge in [0, 0.05) is 17.4 Å². The van der Waals surface area contributed by atoms with E-state index >= 15 is 0 Å². The van der Waals surface area contributed by atoms with Gasteiger partial charge in [0.15, 0.2) is 5.78 Å². The van der Waals surface area contributed by atoms with Crippen molar-refractivity contribution in [3.63, 3.8) is 0 Å². The predicted molar refractivity (Wildman–Crippen MR) is 84.8 cm³/mol. The van der Waals surface area contributed by atoms with Crippen LogP contribution in [0.5, 0.6) is 5.75 Å². The summed E-state index contributed by atoms with van der Waals surface area (Å²) in [5, 5.41) is 10.4. The van der Waals surface area contributed by atoms with Gasteiger partial charge in [-0.15, -0.1) is 0 Å². The highest BCUT2D eigenvalue weighted by molar-refractivity contribution is 9.10. The van der Waals surface area contributed by atoms with E-state index in [1.165, 1.54) is 6.07 Å². The first-order chi connectivity index (χ1) is 10.1. The third kappa shape index (κ3) is 2.36. The van der Waals surface area contributed by atoms with Gasteiger partial charge in [-0.2, -0.15) is 0 Å². The van der Waals surface area contributed by atoms with Gasteiger partial charge in [-0.05, 0) is 40.2 Å². The van der Waals surface area contributed by atoms with Crippen molar-refractivity contribution in [2.75, 3.05) is 0 Å². The molecule has 0 radical (unpaired) electrons. The van der Waals surface area contributed by atoms with Crippen LogP contribution in [0.25, 0.3) is 11.0 Å². The first kappa shape index (κ1) is 13.9. The maximum absolute atomic E-state index is 12.8. The number of halogens is 1. The van der Waals surface area contributed by atoms with Crippen molar-refractivity contribution in [2.45, 2.75) is 13.3 Å². The summed E-state index contributed by atoms with van der Waals surface area (Å²) in [5.74, 6) is 0.696. The van der Waals surface area contributed by atoms with Gasteiger partial charge in [0.1, 0.15) is 17.1 Å². The Bertz CT molecular complexity index is 833. The highest BCUT2D eigenvalue weighted by Gasteiger charge is 2.21. The molecular weight excluding hydrogens is 332 g/mol. The summed E-state index contributed by atoms with van der Waals surface area (Å²) in [4.78, 5) is 12.8. The molecule has 0 unspecified atom stereocenters. The lowest BCUT2D eigenvalue weighted by atomic mass is 9.99. The Kier molecular flexibility index (Phi) is 3.55. The highest BCUT2D eigenvalue weighted by Crippen LogP contribution is 2.30. The Labute approximate surface area is 130 Å². The first-order valence-corrected chi connectivity index (χ1v) is 7.44. The Morgan fingerprint density at radius 2 is 2.00 bits per heavy atom. The van der Waals surface area contributed by atoms with Crippen molar-refractivity contribution in [1.82, 2.24) is 0 Å². The van der Waals surface area contributed by atoms with Crippen molar-refractivity contribution in [2.24, 2.45) is 0 Å². The molecule has 4 heteroatoms. The van der Waals surface area contributed by atoms with Crippen LogP contribution in [0.3, 0.4) is 0 Å². The van der Waals surface area contributed by atoms with Crippen LogP contribution >= 0.6 is 15.9 Å². The maximum atomic E-state index is 12.8. The van der Waals surface area contributed by atoms with E-state index in [1.807, 2.05) is 31.2 Å². The number of ketones is 1. The van der Waals surface area contributed by atoms with E-state index in [9.17, 15) is 9.90 Å². The van der Waals surface area contributed by atoms with Crippen LogP contribution in [-0.2, 0) is 6.42 Å². The molecule has 3 nitrogen and oxygen atoms in total. The molecule has 0 saturated carbocycles. The van der Waals surface area contributed by atoms with Crippen LogP contribution in [0.2, 0.25) is 0 Å². The Hall–Kier alpha value is -2.07. The fourth-order valence-electron chi connectivity index (χ4n) is 2.39. The Morgan fingerprint density at radius 1 is 1.24 bits per heavy atom. The lowest BCUT2D eigenvalue weighted by molar-refractivity contribution is 0.103. The molecule has 0 spiro atoms. The van der Waals surface area contributed by atoms with E-state index in [4.69, 9.17) is 4.42 Å². The molecule has 0 fully saturated rings. The molecule has 1 aromatic heterocycles. The number of hydrogen-bond donors (Lipinski definition) is 1. The number of phenolic OH excluding ortho intramolecular Hbond substituents is 1. The van der Waals surface area contributed by atoms with Crippen LogP contribution in [0.15, 0.2) is 51.4 Å². The van der Waals surface area contributed by atoms with E-state index in [0.29, 0.717) is 27.8 Å². The molecule has 0 saturated heterocycles. The van der Waals surface area contributed by atoms with Crippen LogP contribution in [0.4, 0.5) is 0 Å². The zero-order valence-electron chi connectivity index (χ0n) is 11.4. The van der Waals surface area contributed by atoms with Gasteiger partial charge in [0.2, 0.25) is 0 Å². The maximum Gasteiger partial charge on any atom is 0.197 e. The van der Waals surface area contributed by atoms with Gasteiger partial charge in [-0.25, -0.2) is 0 Å². The van der Waals surface area contributed by atoms with Crippen LogP contribution in [0, 0.1) is 0 Å². The van der Waals surface area contributed by atoms with Gasteiger partial charge in [-0.1, -0.05) is 25.1 Å². The topological polar surface area (TPSA) is 50.4 Å². The fourth-order valence-corrected chi connectivity index (χ4v) is 2.77. The molecule has 3 rings (SSSR count). The number of benzene rings is 2. The van der Waals surface area contributed by atoms with Crippen LogP contribution < -0.4 is 0 Å². The lowest BCUT2D eigenvalue weighted by Crippen LogP contribution is -2.03. The van der Waals surface area contributed by atoms with Crippen molar-refractivity contribution >= 4 is 32.7 Å². The molecule has 0 aliphatic carbocycles. The molecule has 3 aromatic rings. The zero-order valence-corrected chi connectivity index (χ0v) is 13.0. The highest BCUT2D eigenvalue weighted by atomic mass is 79.9. The minimum absolute atomic E-state index is 0.0995. The standard InChI is InChI=1S/C17H13BrO3/c1-2-14-16(11-5-3-4-6-15(11)21-14)17(20)10-7-8-13(19)12(18)9-10/h3-9,19H,2H2,1H3. The summed E-state index contributed by atoms with van der Waals surface area (Å²) in [5.41, 5.74) is 1.84. The number of carbonyl (C=O) groups is 1. The van der Waals surface area contributed by atoms with E-state index in [-0.39, 0.29) is 11.5 Å². The number of phenols is 1. The summed E-state index contributed by atoms with van der Waals surface area (Å²) in [6, 6.07) is 12.3. The molecule has 0 bridgehead atoms. The molecule has 0 aliphatic rings. The van der Waals surface area contributed by atoms with Gasteiger partial charge in [0.25, 0.3) is 0 Å². The van der Waals surface area contributed by atoms with Crippen molar-refractivity contribution in [3.8, 4) is 5.75 Å². The third-order valence-corrected chi connectivity index (χ3v) is 4.06. The average molecular weight is 345 g/mol. The minimum atomic E-state index is -0.0995. The van der Waals surface area contributed by atoms with Crippen LogP contribution in [-0.4, -0.2) is 10.9 Å². The minimum Gasteiger partial charge on any atom is -0.507 e. The number of rotatable bonds is 3. The number of hydrogen-bond acceptors (Lipinski definition) is 3. The molecular formula is C17H13BrO3. The molecule has 0 aliphatic heterocycles. The second-order valence-corrected chi connectivity index (χ2v) is 5.60. The fraction of sp³-hybridized carbons (Fsp3) is 0.118. The molecule has 0 amide bonds. The number of aryl methyl sites for hydroxylation is 1. The quantitative estimate of drug-likeness (QED) is 0.701. The van der Waals surface area contributed by atoms with Crippen molar-refractivity contribution in [3.05, 3.63) is 63.8 Å². The predicted octanol–water partition coefficient (Wildman–Crippen LogP) is 4.69. The summed E-state index contributed by atoms with van der Waals surface area (Å²) in [6.45, 7) is 1.96. The lowest BCUT2D eigenvalue weighted by Gasteiger charge is -2.03. The number of carbonyl (C=O) groups excluding carboxylic acids is 1. The average Bonchev–Trinajstić information content (AvgIpc) is 2.87. The molecule has 0 atom stereocenters. The van der Waals surface area contributed by atoms with E-state index < -0.39 is 0 Å². The monoisotopic (exact) mass is 344 g/mol. The van der Waals surface area contributed by atoms with Gasteiger partial charge in [0.05, 0.1) is 10.0 Å². The second kappa shape index (κ2) is 5.37. The van der Waals surface area contributed by atoms with E-state index in [0.717, 1.165) is 11.0 Å². The summed E-state index contributed by atoms with van der Waals surface area (Å²) in [7, 11) is 0. The number of aromatic hydroxyl groups is 1. The molecule has 1 N–H and O–H groups in total. The SMILES string of the molecule is CCc1oc2ccccc2c1C(=O)c1ccc(O)c(Br)c1. The van der Waals surface area contributed by atoms with Crippen LogP contribution in [0.1, 0.15) is 28.6 Å². The normalized spacial score (nSPS) is 11.0. The third-order valence-electron chi connectivity index (χ3n) is 3.43. The van der Waals surface area contributed by atoms with Gasteiger partial charge in [-0.3, -0.25) is 4.79 Å². The smallest absolute Gasteiger partial charge is 0.197 e. The van der Waals surface area contributed by atoms with E-state index in [2.05, 4.69) is 15.9 Å². The number of para-hydroxylation sites is 1. The Balaban J connectivity index is 2.18. The molecule has 106 valence electrons. The molecule has 2 aromatic carbocycles. The van der Waals surface area contributed by atoms with Crippen molar-refractivity contribution in [1.29, 1.82) is 0 Å². The number of fused-ring (bicyclic) bond motifs is 1. The number of furan rings is 1. The summed E-state index contributed by atoms with van der Waals surface area (Å²) < 4.78 is 6.26. The largest absolute Gasteiger partial charge is 0.507 e. The second-order valence-electron chi connectivity index (χ2n) is 4.75. The molecule has 1 heterocycles. The van der Waals surface area contributed by atoms with Gasteiger partial charge < -0.3 is 9.52 Å². The summed E-state index contributed by atoms with van der Waals surface area (Å²) >= 11 is 3.24. The van der Waals surface area contributed by atoms with E-state index in [1.54, 1.807) is 12.1 Å². The van der Waals surface area contributed by atoms with Crippen molar-refractivity contribution < 1.29 is 14.3 Å². The Morgan fingerprint density at radius 3 is 2.71 bits per heavy atom. The molecule has 21 heavy (non-hydrogen) atoms. The van der Waals surface area contributed by atoms with Gasteiger partial charge >= 0.3 is 0 Å².